The Morgan fingerprint density at radius 3 is 1.40 bits per heavy atom. The predicted octanol–water partition coefficient (Wildman–Crippen LogP) is 1.17. The molecule has 0 saturated carbocycles. The summed E-state index contributed by atoms with van der Waals surface area (Å²) in [5, 5.41) is 0. The zero-order chi connectivity index (χ0) is 3.58. The van der Waals surface area contributed by atoms with Crippen LogP contribution < -0.4 is 0 Å². The zero-order valence-electron chi connectivity index (χ0n) is 3.32. The smallest absolute Gasteiger partial charge is 0.126 e. The Morgan fingerprint density at radius 1 is 1.40 bits per heavy atom. The Morgan fingerprint density at radius 2 is 1.40 bits per heavy atom. The molecule has 0 aromatic heterocycles. The molecule has 32 valence electrons. The fourth-order valence-electron chi connectivity index (χ4n) is 0. The number of rotatable bonds is 0. The van der Waals surface area contributed by atoms with Crippen molar-refractivity contribution >= 4 is 22.8 Å². The van der Waals surface area contributed by atoms with Gasteiger partial charge in [-0.2, -0.15) is 0 Å². The summed E-state index contributed by atoms with van der Waals surface area (Å²) >= 11 is 0. The summed E-state index contributed by atoms with van der Waals surface area (Å²) in [6.45, 7) is 3.06. The van der Waals surface area contributed by atoms with Crippen molar-refractivity contribution < 1.29 is 4.79 Å². The average Bonchev–Trinajstić information content (AvgIpc) is 0.811. The first kappa shape index (κ1) is 8.94. The minimum absolute atomic E-state index is 0. The van der Waals surface area contributed by atoms with Gasteiger partial charge in [0.2, 0.25) is 0 Å². The molecule has 0 atom stereocenters. The van der Waals surface area contributed by atoms with Crippen LogP contribution in [0.3, 0.4) is 0 Å². The molecule has 0 aliphatic heterocycles. The highest BCUT2D eigenvalue weighted by atomic mass is 79.9. The van der Waals surface area contributed by atoms with Gasteiger partial charge in [0.1, 0.15) is 5.78 Å². The Labute approximate surface area is 42.1 Å². The van der Waals surface area contributed by atoms with E-state index < -0.39 is 0 Å². The molecule has 0 aliphatic rings. The van der Waals surface area contributed by atoms with Crippen LogP contribution in [0.5, 0.6) is 0 Å². The van der Waals surface area contributed by atoms with E-state index in [1.165, 1.54) is 13.8 Å². The maximum Gasteiger partial charge on any atom is 0.126 e. The quantitative estimate of drug-likeness (QED) is 0.492. The Balaban J connectivity index is 0. The van der Waals surface area contributed by atoms with Crippen molar-refractivity contribution in [3.05, 3.63) is 0 Å². The van der Waals surface area contributed by atoms with Crippen LogP contribution in [0.25, 0.3) is 0 Å². The third-order valence-corrected chi connectivity index (χ3v) is 0. The van der Waals surface area contributed by atoms with E-state index in [1.807, 2.05) is 0 Å². The summed E-state index contributed by atoms with van der Waals surface area (Å²) < 4.78 is 0. The van der Waals surface area contributed by atoms with Crippen LogP contribution >= 0.6 is 17.0 Å². The van der Waals surface area contributed by atoms with E-state index in [4.69, 9.17) is 0 Å². The summed E-state index contributed by atoms with van der Waals surface area (Å²) in [4.78, 5) is 9.44. The van der Waals surface area contributed by atoms with Crippen LogP contribution in [-0.2, 0) is 4.79 Å². The summed E-state index contributed by atoms with van der Waals surface area (Å²) in [5.41, 5.74) is 0. The van der Waals surface area contributed by atoms with E-state index in [1.54, 1.807) is 0 Å². The van der Waals surface area contributed by atoms with Crippen LogP contribution in [-0.4, -0.2) is 5.78 Å². The van der Waals surface area contributed by atoms with Gasteiger partial charge in [-0.3, -0.25) is 0 Å². The third kappa shape index (κ3) is 853. The lowest BCUT2D eigenvalue weighted by Gasteiger charge is -1.56. The second-order valence-electron chi connectivity index (χ2n) is 0.908. The molecule has 1 nitrogen and oxygen atoms in total. The van der Waals surface area contributed by atoms with Crippen molar-refractivity contribution in [3.8, 4) is 0 Å². The molecular weight excluding hydrogens is 132 g/mol. The van der Waals surface area contributed by atoms with Crippen LogP contribution in [0.2, 0.25) is 0 Å². The third-order valence-electron chi connectivity index (χ3n) is 0. The molecule has 0 radical (unpaired) electrons. The van der Waals surface area contributed by atoms with Gasteiger partial charge in [-0.15, -0.1) is 17.0 Å². The van der Waals surface area contributed by atoms with Crippen molar-refractivity contribution in [3.63, 3.8) is 0 Å². The molecule has 0 fully saturated rings. The number of hydrogen-bond donors (Lipinski definition) is 0. The fraction of sp³-hybridized carbons (Fsp3) is 0.667. The lowest BCUT2D eigenvalue weighted by molar-refractivity contribution is -0.114. The molecule has 2 heteroatoms. The van der Waals surface area contributed by atoms with E-state index in [0.29, 0.717) is 0 Å². The highest BCUT2D eigenvalue weighted by Crippen LogP contribution is 1.50. The molecule has 0 amide bonds. The van der Waals surface area contributed by atoms with Gasteiger partial charge in [-0.25, -0.2) is 0 Å². The summed E-state index contributed by atoms with van der Waals surface area (Å²) in [6.07, 6.45) is 0. The minimum atomic E-state index is 0. The number of carbonyl (C=O) groups excluding carboxylic acids is 1. The number of ketones is 1. The molecule has 0 saturated heterocycles. The first-order valence-electron chi connectivity index (χ1n) is 1.20. The van der Waals surface area contributed by atoms with Crippen molar-refractivity contribution in [1.82, 2.24) is 0 Å². The molecule has 0 aromatic carbocycles. The van der Waals surface area contributed by atoms with Crippen molar-refractivity contribution in [2.45, 2.75) is 13.8 Å². The van der Waals surface area contributed by atoms with Crippen molar-refractivity contribution in [2.24, 2.45) is 0 Å². The molecule has 0 aromatic rings. The molecule has 0 unspecified atom stereocenters. The zero-order valence-corrected chi connectivity index (χ0v) is 5.03. The largest absolute Gasteiger partial charge is 0.300 e. The molecule has 0 N–H and O–H groups in total. The molecule has 0 spiro atoms. The molecule has 0 aliphatic carbocycles. The Bertz CT molecular complexity index is 29.9. The molecule has 0 bridgehead atoms. The topological polar surface area (TPSA) is 17.1 Å². The summed E-state index contributed by atoms with van der Waals surface area (Å²) in [5.74, 6) is 0.167. The summed E-state index contributed by atoms with van der Waals surface area (Å²) in [6, 6.07) is 0. The number of halogens is 1. The van der Waals surface area contributed by atoms with Crippen LogP contribution in [0.15, 0.2) is 0 Å². The van der Waals surface area contributed by atoms with Crippen LogP contribution in [0, 0.1) is 0 Å². The predicted molar refractivity (Wildman–Crippen MR) is 26.7 cm³/mol. The van der Waals surface area contributed by atoms with Crippen molar-refractivity contribution in [1.29, 1.82) is 0 Å². The van der Waals surface area contributed by atoms with E-state index in [2.05, 4.69) is 0 Å². The second-order valence-corrected chi connectivity index (χ2v) is 0.908. The van der Waals surface area contributed by atoms with Crippen LogP contribution in [0.1, 0.15) is 13.8 Å². The van der Waals surface area contributed by atoms with Gasteiger partial charge in [-0.05, 0) is 13.8 Å². The molecule has 0 heterocycles. The van der Waals surface area contributed by atoms with Gasteiger partial charge in [0.25, 0.3) is 0 Å². The van der Waals surface area contributed by atoms with E-state index in [0.717, 1.165) is 0 Å². The van der Waals surface area contributed by atoms with E-state index in [-0.39, 0.29) is 22.8 Å². The van der Waals surface area contributed by atoms with Gasteiger partial charge >= 0.3 is 0 Å². The summed E-state index contributed by atoms with van der Waals surface area (Å²) in [7, 11) is 0. The standard InChI is InChI=1S/C3H6O.BrH/c1-3(2)4;/h1-2H3;1H. The highest BCUT2D eigenvalue weighted by molar-refractivity contribution is 8.93. The molecule has 5 heavy (non-hydrogen) atoms. The number of Topliss-reactive ketones (excluding diaryl/α,β-unsaturated/α-hetero) is 1. The lowest BCUT2D eigenvalue weighted by Crippen LogP contribution is -1.69. The SMILES string of the molecule is Br.CC(C)=O. The molecule has 0 rings (SSSR count). The maximum absolute atomic E-state index is 9.44. The average molecular weight is 139 g/mol. The monoisotopic (exact) mass is 138 g/mol. The van der Waals surface area contributed by atoms with Gasteiger partial charge in [0, 0.05) is 0 Å². The van der Waals surface area contributed by atoms with Crippen LogP contribution in [0.4, 0.5) is 0 Å². The van der Waals surface area contributed by atoms with Gasteiger partial charge in [0.05, 0.1) is 0 Å². The normalized spacial score (nSPS) is 5.20. The number of hydrogen-bond acceptors (Lipinski definition) is 1. The lowest BCUT2D eigenvalue weighted by atomic mass is 10.6. The van der Waals surface area contributed by atoms with Crippen molar-refractivity contribution in [2.75, 3.05) is 0 Å². The highest BCUT2D eigenvalue weighted by Gasteiger charge is 1.62. The van der Waals surface area contributed by atoms with E-state index in [9.17, 15) is 4.79 Å². The van der Waals surface area contributed by atoms with E-state index >= 15 is 0 Å². The van der Waals surface area contributed by atoms with Gasteiger partial charge in [0.15, 0.2) is 0 Å². The minimum Gasteiger partial charge on any atom is -0.300 e. The maximum atomic E-state index is 9.44. The molecular formula is C3H7BrO. The first-order valence-corrected chi connectivity index (χ1v) is 1.20. The first-order chi connectivity index (χ1) is 1.73. The second kappa shape index (κ2) is 4.15. The Kier molecular flexibility index (Phi) is 7.42. The van der Waals surface area contributed by atoms with Gasteiger partial charge in [-0.1, -0.05) is 0 Å². The number of carbonyl (C=O) groups is 1. The fourth-order valence-corrected chi connectivity index (χ4v) is 0. The van der Waals surface area contributed by atoms with Gasteiger partial charge < -0.3 is 4.79 Å². The Hall–Kier alpha value is 0.150.